The lowest BCUT2D eigenvalue weighted by molar-refractivity contribution is 0.601. The van der Waals surface area contributed by atoms with Crippen LogP contribution in [-0.4, -0.2) is 0 Å². The highest BCUT2D eigenvalue weighted by molar-refractivity contribution is 9.10. The third-order valence-electron chi connectivity index (χ3n) is 3.55. The second kappa shape index (κ2) is 6.29. The van der Waals surface area contributed by atoms with Gasteiger partial charge in [0.15, 0.2) is 0 Å². The Labute approximate surface area is 140 Å². The number of rotatable bonds is 3. The Hall–Kier alpha value is -1.19. The molecule has 1 atom stereocenters. The highest BCUT2D eigenvalue weighted by Gasteiger charge is 2.15. The van der Waals surface area contributed by atoms with E-state index in [1.807, 2.05) is 24.3 Å². The van der Waals surface area contributed by atoms with Crippen molar-refractivity contribution in [3.05, 3.63) is 82.1 Å². The van der Waals surface area contributed by atoms with E-state index in [2.05, 4.69) is 62.2 Å². The molecule has 0 bridgehead atoms. The lowest BCUT2D eigenvalue weighted by atomic mass is 10.0. The molecule has 0 saturated carbocycles. The van der Waals surface area contributed by atoms with Crippen molar-refractivity contribution >= 4 is 42.6 Å². The van der Waals surface area contributed by atoms with Crippen molar-refractivity contribution in [2.24, 2.45) is 0 Å². The molecule has 3 aromatic carbocycles. The molecule has 0 aromatic heterocycles. The van der Waals surface area contributed by atoms with Crippen LogP contribution in [-0.2, 0) is 6.42 Å². The van der Waals surface area contributed by atoms with Crippen LogP contribution in [0.15, 0.2) is 65.1 Å². The molecule has 3 rings (SSSR count). The van der Waals surface area contributed by atoms with Crippen molar-refractivity contribution in [3.8, 4) is 0 Å². The Morgan fingerprint density at radius 1 is 0.905 bits per heavy atom. The Morgan fingerprint density at radius 2 is 1.67 bits per heavy atom. The summed E-state index contributed by atoms with van der Waals surface area (Å²) >= 11 is 6.85. The lowest BCUT2D eigenvalue weighted by Crippen LogP contribution is -1.99. The number of benzene rings is 3. The van der Waals surface area contributed by atoms with Crippen LogP contribution in [0.2, 0.25) is 0 Å². The van der Waals surface area contributed by atoms with Crippen LogP contribution in [0.1, 0.15) is 16.0 Å². The predicted octanol–water partition coefficient (Wildman–Crippen LogP) is 6.42. The van der Waals surface area contributed by atoms with Gasteiger partial charge >= 0.3 is 0 Å². The maximum Gasteiger partial charge on any atom is 0.141 e. The van der Waals surface area contributed by atoms with Gasteiger partial charge in [-0.2, -0.15) is 0 Å². The molecule has 0 nitrogen and oxygen atoms in total. The second-order valence-electron chi connectivity index (χ2n) is 5.00. The molecule has 0 spiro atoms. The molecule has 0 aliphatic carbocycles. The molecule has 0 N–H and O–H groups in total. The molecule has 21 heavy (non-hydrogen) atoms. The van der Waals surface area contributed by atoms with Crippen molar-refractivity contribution in [1.29, 1.82) is 0 Å². The van der Waals surface area contributed by atoms with Gasteiger partial charge < -0.3 is 0 Å². The van der Waals surface area contributed by atoms with Gasteiger partial charge in [-0.1, -0.05) is 70.5 Å². The molecule has 0 aliphatic rings. The van der Waals surface area contributed by atoms with E-state index in [1.165, 1.54) is 16.3 Å². The van der Waals surface area contributed by atoms with Gasteiger partial charge in [0.2, 0.25) is 0 Å². The van der Waals surface area contributed by atoms with Gasteiger partial charge in [0.05, 0.1) is 4.47 Å². The van der Waals surface area contributed by atoms with Gasteiger partial charge in [0, 0.05) is 10.4 Å². The molecular weight excluding hydrogens is 395 g/mol. The van der Waals surface area contributed by atoms with Crippen LogP contribution in [0.5, 0.6) is 0 Å². The Kier molecular flexibility index (Phi) is 4.41. The van der Waals surface area contributed by atoms with Crippen molar-refractivity contribution in [2.75, 3.05) is 0 Å². The maximum absolute atomic E-state index is 14.1. The zero-order valence-corrected chi connectivity index (χ0v) is 14.4. The molecule has 0 saturated heterocycles. The maximum atomic E-state index is 14.1. The average molecular weight is 408 g/mol. The first-order chi connectivity index (χ1) is 10.1. The van der Waals surface area contributed by atoms with Gasteiger partial charge in [-0.25, -0.2) is 4.39 Å². The number of hydrogen-bond acceptors (Lipinski definition) is 0. The Balaban J connectivity index is 1.89. The highest BCUT2D eigenvalue weighted by atomic mass is 79.9. The summed E-state index contributed by atoms with van der Waals surface area (Å²) in [7, 11) is 0. The molecule has 1 unspecified atom stereocenters. The summed E-state index contributed by atoms with van der Waals surface area (Å²) < 4.78 is 14.6. The van der Waals surface area contributed by atoms with E-state index in [1.54, 1.807) is 6.07 Å². The summed E-state index contributed by atoms with van der Waals surface area (Å²) in [6.07, 6.45) is 0.748. The van der Waals surface area contributed by atoms with Crippen molar-refractivity contribution in [1.82, 2.24) is 0 Å². The normalized spacial score (nSPS) is 12.5. The molecular formula is C18H13Br2F. The third-order valence-corrected chi connectivity index (χ3v) is 4.98. The first kappa shape index (κ1) is 14.7. The topological polar surface area (TPSA) is 0 Å². The predicted molar refractivity (Wildman–Crippen MR) is 93.4 cm³/mol. The number of fused-ring (bicyclic) bond motifs is 1. The Morgan fingerprint density at radius 3 is 2.48 bits per heavy atom. The van der Waals surface area contributed by atoms with Crippen LogP contribution < -0.4 is 0 Å². The summed E-state index contributed by atoms with van der Waals surface area (Å²) in [6, 6.07) is 20.0. The molecule has 0 heterocycles. The highest BCUT2D eigenvalue weighted by Crippen LogP contribution is 2.32. The minimum atomic E-state index is -0.194. The van der Waals surface area contributed by atoms with E-state index in [-0.39, 0.29) is 10.6 Å². The number of halogens is 3. The number of alkyl halides is 1. The smallest absolute Gasteiger partial charge is 0.141 e. The lowest BCUT2D eigenvalue weighted by Gasteiger charge is -2.13. The van der Waals surface area contributed by atoms with Gasteiger partial charge in [0.25, 0.3) is 0 Å². The molecule has 106 valence electrons. The second-order valence-corrected chi connectivity index (χ2v) is 6.96. The SMILES string of the molecule is Fc1c(Br)cccc1C(Br)Cc1ccc2ccccc2c1. The van der Waals surface area contributed by atoms with Crippen LogP contribution in [0.4, 0.5) is 4.39 Å². The fourth-order valence-electron chi connectivity index (χ4n) is 2.45. The van der Waals surface area contributed by atoms with E-state index < -0.39 is 0 Å². The third kappa shape index (κ3) is 3.19. The molecule has 3 aromatic rings. The van der Waals surface area contributed by atoms with E-state index >= 15 is 0 Å². The largest absolute Gasteiger partial charge is 0.205 e. The molecule has 0 amide bonds. The van der Waals surface area contributed by atoms with Crippen molar-refractivity contribution in [3.63, 3.8) is 0 Å². The zero-order valence-electron chi connectivity index (χ0n) is 11.2. The van der Waals surface area contributed by atoms with Crippen LogP contribution in [0.25, 0.3) is 10.8 Å². The molecule has 0 aliphatic heterocycles. The van der Waals surface area contributed by atoms with Gasteiger partial charge in [-0.3, -0.25) is 0 Å². The summed E-state index contributed by atoms with van der Waals surface area (Å²) in [5.74, 6) is -0.194. The van der Waals surface area contributed by atoms with Gasteiger partial charge in [-0.05, 0) is 44.8 Å². The number of hydrogen-bond donors (Lipinski definition) is 0. The van der Waals surface area contributed by atoms with E-state index in [0.717, 1.165) is 6.42 Å². The standard InChI is InChI=1S/C18H13Br2F/c19-16-7-3-6-15(18(16)21)17(20)11-12-8-9-13-4-1-2-5-14(13)10-12/h1-10,17H,11H2. The van der Waals surface area contributed by atoms with Gasteiger partial charge in [-0.15, -0.1) is 0 Å². The zero-order chi connectivity index (χ0) is 14.8. The molecule has 0 fully saturated rings. The van der Waals surface area contributed by atoms with E-state index in [4.69, 9.17) is 0 Å². The summed E-state index contributed by atoms with van der Waals surface area (Å²) in [6.45, 7) is 0. The summed E-state index contributed by atoms with van der Waals surface area (Å²) in [4.78, 5) is -0.0452. The van der Waals surface area contributed by atoms with Crippen LogP contribution in [0.3, 0.4) is 0 Å². The Bertz CT molecular complexity index is 783. The average Bonchev–Trinajstić information content (AvgIpc) is 2.50. The first-order valence-corrected chi connectivity index (χ1v) is 8.41. The van der Waals surface area contributed by atoms with Crippen LogP contribution in [0, 0.1) is 5.82 Å². The fraction of sp³-hybridized carbons (Fsp3) is 0.111. The van der Waals surface area contributed by atoms with E-state index in [9.17, 15) is 4.39 Å². The minimum Gasteiger partial charge on any atom is -0.205 e. The quantitative estimate of drug-likeness (QED) is 0.439. The van der Waals surface area contributed by atoms with Gasteiger partial charge in [0.1, 0.15) is 5.82 Å². The van der Waals surface area contributed by atoms with Crippen LogP contribution >= 0.6 is 31.9 Å². The minimum absolute atomic E-state index is 0.0452. The summed E-state index contributed by atoms with van der Waals surface area (Å²) in [5, 5.41) is 2.44. The fourth-order valence-corrected chi connectivity index (χ4v) is 3.55. The molecule has 3 heteroatoms. The van der Waals surface area contributed by atoms with Crippen molar-refractivity contribution < 1.29 is 4.39 Å². The first-order valence-electron chi connectivity index (χ1n) is 6.71. The monoisotopic (exact) mass is 406 g/mol. The summed E-state index contributed by atoms with van der Waals surface area (Å²) in [5.41, 5.74) is 1.87. The van der Waals surface area contributed by atoms with Crippen molar-refractivity contribution in [2.45, 2.75) is 11.2 Å². The van der Waals surface area contributed by atoms with E-state index in [0.29, 0.717) is 10.0 Å². The molecule has 0 radical (unpaired) electrons.